The molecule has 162 valence electrons. The number of nitrogens with zero attached hydrogens (tertiary/aromatic N) is 1. The van der Waals surface area contributed by atoms with Crippen LogP contribution in [0.3, 0.4) is 0 Å². The zero-order chi connectivity index (χ0) is 22.6. The van der Waals surface area contributed by atoms with Gasteiger partial charge in [0.05, 0.1) is 11.0 Å². The van der Waals surface area contributed by atoms with Gasteiger partial charge < -0.3 is 14.8 Å². The number of aliphatic carboxylic acids is 1. The van der Waals surface area contributed by atoms with Gasteiger partial charge in [0.25, 0.3) is 0 Å². The Morgan fingerprint density at radius 1 is 0.939 bits per heavy atom. The van der Waals surface area contributed by atoms with E-state index in [0.29, 0.717) is 17.5 Å². The average molecular weight is 453 g/mol. The van der Waals surface area contributed by atoms with Crippen molar-refractivity contribution in [2.75, 3.05) is 0 Å². The zero-order valence-electron chi connectivity index (χ0n) is 17.6. The largest absolute Gasteiger partial charge is 0.488 e. The molecule has 0 saturated carbocycles. The van der Waals surface area contributed by atoms with E-state index in [1.54, 1.807) is 6.08 Å². The second-order valence-corrected chi connectivity index (χ2v) is 8.48. The Morgan fingerprint density at radius 2 is 1.70 bits per heavy atom. The molecule has 0 aliphatic carbocycles. The number of benzene rings is 4. The van der Waals surface area contributed by atoms with E-state index in [4.69, 9.17) is 4.74 Å². The Kier molecular flexibility index (Phi) is 5.83. The number of hydrogen-bond acceptors (Lipinski definition) is 4. The van der Waals surface area contributed by atoms with Crippen molar-refractivity contribution < 1.29 is 14.6 Å². The lowest BCUT2D eigenvalue weighted by molar-refractivity contribution is -0.131. The molecule has 5 nitrogen and oxygen atoms in total. The van der Waals surface area contributed by atoms with Gasteiger partial charge in [0.2, 0.25) is 0 Å². The number of ether oxygens (including phenoxy) is 1. The second kappa shape index (κ2) is 9.22. The Bertz CT molecular complexity index is 1440. The molecule has 0 amide bonds. The molecule has 4 aromatic carbocycles. The molecule has 0 aliphatic heterocycles. The summed E-state index contributed by atoms with van der Waals surface area (Å²) in [6.07, 6.45) is 1.67. The highest BCUT2D eigenvalue weighted by atomic mass is 32.2. The highest BCUT2D eigenvalue weighted by molar-refractivity contribution is 8.04. The molecule has 1 heterocycles. The smallest absolute Gasteiger partial charge is 0.342 e. The predicted molar refractivity (Wildman–Crippen MR) is 132 cm³/mol. The monoisotopic (exact) mass is 452 g/mol. The van der Waals surface area contributed by atoms with E-state index < -0.39 is 5.97 Å². The Balaban J connectivity index is 1.55. The molecule has 0 aliphatic rings. The van der Waals surface area contributed by atoms with Gasteiger partial charge in [-0.1, -0.05) is 72.8 Å². The zero-order valence-corrected chi connectivity index (χ0v) is 18.4. The van der Waals surface area contributed by atoms with Gasteiger partial charge in [0.1, 0.15) is 17.3 Å². The fourth-order valence-corrected chi connectivity index (χ4v) is 4.41. The number of para-hydroxylation sites is 2. The van der Waals surface area contributed by atoms with Crippen molar-refractivity contribution in [1.29, 1.82) is 0 Å². The number of carboxylic acids is 1. The molecule has 1 aromatic heterocycles. The predicted octanol–water partition coefficient (Wildman–Crippen LogP) is 6.51. The SMILES string of the molecule is O=C(O)/C(=C/c1c(OCc2ccccc2)ccc2ccccc12)Sc1nc2ccccc2[nH]1. The molecular weight excluding hydrogens is 432 g/mol. The number of H-pyrrole nitrogens is 1. The maximum atomic E-state index is 12.2. The topological polar surface area (TPSA) is 75.2 Å². The third-order valence-electron chi connectivity index (χ3n) is 5.23. The number of hydrogen-bond donors (Lipinski definition) is 2. The number of rotatable bonds is 7. The van der Waals surface area contributed by atoms with Gasteiger partial charge >= 0.3 is 5.97 Å². The van der Waals surface area contributed by atoms with Crippen molar-refractivity contribution in [3.8, 4) is 5.75 Å². The summed E-state index contributed by atoms with van der Waals surface area (Å²) in [6, 6.07) is 29.2. The third-order valence-corrected chi connectivity index (χ3v) is 6.13. The molecular formula is C27H20N2O3S. The van der Waals surface area contributed by atoms with Gasteiger partial charge in [0, 0.05) is 5.56 Å². The molecule has 0 bridgehead atoms. The molecule has 5 rings (SSSR count). The first kappa shape index (κ1) is 20.8. The van der Waals surface area contributed by atoms with Crippen LogP contribution in [0.15, 0.2) is 101 Å². The third kappa shape index (κ3) is 4.61. The molecule has 0 atom stereocenters. The highest BCUT2D eigenvalue weighted by Crippen LogP contribution is 2.35. The molecule has 0 spiro atoms. The Labute approximate surface area is 194 Å². The van der Waals surface area contributed by atoms with Crippen LogP contribution in [0.5, 0.6) is 5.75 Å². The number of aromatic amines is 1. The highest BCUT2D eigenvalue weighted by Gasteiger charge is 2.16. The molecule has 33 heavy (non-hydrogen) atoms. The number of carboxylic acid groups (broad SMARTS) is 1. The van der Waals surface area contributed by atoms with Crippen LogP contribution in [0, 0.1) is 0 Å². The van der Waals surface area contributed by atoms with Gasteiger partial charge in [0.15, 0.2) is 5.16 Å². The molecule has 0 unspecified atom stereocenters. The normalized spacial score (nSPS) is 11.7. The molecule has 2 N–H and O–H groups in total. The summed E-state index contributed by atoms with van der Waals surface area (Å²) >= 11 is 1.09. The van der Waals surface area contributed by atoms with E-state index in [1.807, 2.05) is 91.0 Å². The summed E-state index contributed by atoms with van der Waals surface area (Å²) in [5.74, 6) is -0.399. The number of imidazole rings is 1. The second-order valence-electron chi connectivity index (χ2n) is 7.45. The minimum atomic E-state index is -1.03. The maximum absolute atomic E-state index is 12.2. The van der Waals surface area contributed by atoms with Crippen LogP contribution in [0.4, 0.5) is 0 Å². The van der Waals surface area contributed by atoms with Gasteiger partial charge in [-0.05, 0) is 52.4 Å². The van der Waals surface area contributed by atoms with Crippen LogP contribution in [-0.4, -0.2) is 21.0 Å². The van der Waals surface area contributed by atoms with Crippen molar-refractivity contribution in [1.82, 2.24) is 9.97 Å². The number of thioether (sulfide) groups is 1. The fraction of sp³-hybridized carbons (Fsp3) is 0.0370. The van der Waals surface area contributed by atoms with E-state index in [2.05, 4.69) is 9.97 Å². The lowest BCUT2D eigenvalue weighted by Crippen LogP contribution is -2.00. The number of fused-ring (bicyclic) bond motifs is 2. The van der Waals surface area contributed by atoms with Crippen LogP contribution in [0.25, 0.3) is 27.9 Å². The summed E-state index contributed by atoms with van der Waals surface area (Å²) in [5.41, 5.74) is 3.42. The quantitative estimate of drug-likeness (QED) is 0.217. The van der Waals surface area contributed by atoms with E-state index in [9.17, 15) is 9.90 Å². The first-order valence-corrected chi connectivity index (χ1v) is 11.2. The fourth-order valence-electron chi connectivity index (χ4n) is 3.63. The number of nitrogens with one attached hydrogen (secondary N) is 1. The number of carbonyl (C=O) groups is 1. The molecule has 5 aromatic rings. The Hall–Kier alpha value is -4.03. The minimum absolute atomic E-state index is 0.148. The molecule has 0 fully saturated rings. The summed E-state index contributed by atoms with van der Waals surface area (Å²) < 4.78 is 6.14. The van der Waals surface area contributed by atoms with E-state index >= 15 is 0 Å². The first-order valence-electron chi connectivity index (χ1n) is 10.4. The first-order chi connectivity index (χ1) is 16.2. The van der Waals surface area contributed by atoms with Crippen LogP contribution in [0.2, 0.25) is 0 Å². The van der Waals surface area contributed by atoms with Gasteiger partial charge in [-0.3, -0.25) is 0 Å². The van der Waals surface area contributed by atoms with Crippen LogP contribution < -0.4 is 4.74 Å². The summed E-state index contributed by atoms with van der Waals surface area (Å²) in [5, 5.41) is 12.4. The van der Waals surface area contributed by atoms with Gasteiger partial charge in [-0.15, -0.1) is 0 Å². The summed E-state index contributed by atoms with van der Waals surface area (Å²) in [4.78, 5) is 20.0. The van der Waals surface area contributed by atoms with Crippen molar-refractivity contribution in [2.45, 2.75) is 11.8 Å². The number of aromatic nitrogens is 2. The van der Waals surface area contributed by atoms with E-state index in [0.717, 1.165) is 44.7 Å². The minimum Gasteiger partial charge on any atom is -0.488 e. The van der Waals surface area contributed by atoms with Crippen molar-refractivity contribution in [3.05, 3.63) is 107 Å². The molecule has 0 radical (unpaired) electrons. The molecule has 0 saturated heterocycles. The van der Waals surface area contributed by atoms with Crippen molar-refractivity contribution in [3.63, 3.8) is 0 Å². The van der Waals surface area contributed by atoms with Gasteiger partial charge in [-0.2, -0.15) is 0 Å². The van der Waals surface area contributed by atoms with Crippen molar-refractivity contribution >= 4 is 45.6 Å². The summed E-state index contributed by atoms with van der Waals surface area (Å²) in [6.45, 7) is 0.388. The standard InChI is InChI=1S/C27H20N2O3S/c30-26(31)25(33-27-28-22-12-6-7-13-23(22)29-27)16-21-20-11-5-4-10-19(20)14-15-24(21)32-17-18-8-2-1-3-9-18/h1-16H,17H2,(H,28,29)(H,30,31)/b25-16-. The van der Waals surface area contributed by atoms with E-state index in [1.165, 1.54) is 0 Å². The lowest BCUT2D eigenvalue weighted by atomic mass is 10.0. The van der Waals surface area contributed by atoms with Gasteiger partial charge in [-0.25, -0.2) is 9.78 Å². The Morgan fingerprint density at radius 3 is 2.52 bits per heavy atom. The molecule has 6 heteroatoms. The van der Waals surface area contributed by atoms with Crippen molar-refractivity contribution in [2.24, 2.45) is 0 Å². The van der Waals surface area contributed by atoms with E-state index in [-0.39, 0.29) is 4.91 Å². The maximum Gasteiger partial charge on any atom is 0.342 e. The van der Waals surface area contributed by atoms with Crippen LogP contribution >= 0.6 is 11.8 Å². The van der Waals surface area contributed by atoms with Crippen LogP contribution in [0.1, 0.15) is 11.1 Å². The summed E-state index contributed by atoms with van der Waals surface area (Å²) in [7, 11) is 0. The van der Waals surface area contributed by atoms with Crippen LogP contribution in [-0.2, 0) is 11.4 Å². The lowest BCUT2D eigenvalue weighted by Gasteiger charge is -2.13. The average Bonchev–Trinajstić information content (AvgIpc) is 3.26.